The molecule has 3 N–H and O–H groups in total. The van der Waals surface area contributed by atoms with Crippen LogP contribution in [0, 0.1) is 0 Å². The minimum absolute atomic E-state index is 0.208. The van der Waals surface area contributed by atoms with Gasteiger partial charge in [-0.05, 0) is 18.9 Å². The van der Waals surface area contributed by atoms with Crippen molar-refractivity contribution >= 4 is 24.4 Å². The molecule has 1 fully saturated rings. The average molecular weight is 356 g/mol. The fraction of sp³-hybridized carbons (Fsp3) is 0.462. The van der Waals surface area contributed by atoms with E-state index in [2.05, 4.69) is 15.2 Å². The summed E-state index contributed by atoms with van der Waals surface area (Å²) in [6, 6.07) is 1.74. The molecule has 0 aliphatic carbocycles. The number of phosphoric acid groups is 1. The van der Waals surface area contributed by atoms with E-state index in [1.54, 1.807) is 6.07 Å². The number of methoxy groups -OCH3 is 1. The number of ether oxygens (including phenoxy) is 1. The monoisotopic (exact) mass is 356 g/mol. The minimum atomic E-state index is -4.48. The van der Waals surface area contributed by atoms with Crippen molar-refractivity contribution in [1.29, 1.82) is 0 Å². The first kappa shape index (κ1) is 16.8. The smallest absolute Gasteiger partial charge is 0.469 e. The highest BCUT2D eigenvalue weighted by molar-refractivity contribution is 7.46. The number of aromatic amines is 1. The molecular weight excluding hydrogens is 339 g/mol. The Bertz CT molecular complexity index is 842. The molecule has 10 nitrogen and oxygen atoms in total. The molecule has 1 saturated heterocycles. The van der Waals surface area contributed by atoms with Crippen LogP contribution in [0.2, 0.25) is 0 Å². The number of H-pyrrole nitrogens is 1. The molecule has 130 valence electrons. The van der Waals surface area contributed by atoms with Gasteiger partial charge in [-0.25, -0.2) is 9.66 Å². The lowest BCUT2D eigenvalue weighted by Gasteiger charge is -2.32. The summed E-state index contributed by atoms with van der Waals surface area (Å²) >= 11 is 0. The van der Waals surface area contributed by atoms with Crippen LogP contribution in [0.15, 0.2) is 17.1 Å². The molecule has 0 spiro atoms. The fourth-order valence-electron chi connectivity index (χ4n) is 2.77. The van der Waals surface area contributed by atoms with E-state index in [0.717, 1.165) is 0 Å². The Balaban J connectivity index is 1.84. The van der Waals surface area contributed by atoms with E-state index < -0.39 is 13.9 Å². The maximum atomic E-state index is 11.9. The largest absolute Gasteiger partial charge is 0.480 e. The van der Waals surface area contributed by atoms with Gasteiger partial charge >= 0.3 is 7.82 Å². The molecular formula is C13H17N4O6P. The Labute approximate surface area is 136 Å². The Morgan fingerprint density at radius 2 is 2.08 bits per heavy atom. The maximum Gasteiger partial charge on any atom is 0.469 e. The van der Waals surface area contributed by atoms with E-state index in [9.17, 15) is 9.36 Å². The van der Waals surface area contributed by atoms with Gasteiger partial charge in [0.1, 0.15) is 11.2 Å². The average Bonchev–Trinajstić information content (AvgIpc) is 2.53. The number of anilines is 1. The van der Waals surface area contributed by atoms with Gasteiger partial charge in [0, 0.05) is 18.5 Å². The van der Waals surface area contributed by atoms with Gasteiger partial charge in [0.25, 0.3) is 5.56 Å². The Morgan fingerprint density at radius 1 is 1.38 bits per heavy atom. The third-order valence-corrected chi connectivity index (χ3v) is 4.42. The second-order valence-corrected chi connectivity index (χ2v) is 6.63. The van der Waals surface area contributed by atoms with E-state index in [0.29, 0.717) is 42.5 Å². The number of rotatable bonds is 4. The molecule has 1 aliphatic heterocycles. The summed E-state index contributed by atoms with van der Waals surface area (Å²) in [7, 11) is -3.04. The highest BCUT2D eigenvalue weighted by Gasteiger charge is 2.27. The number of nitrogens with one attached hydrogen (secondary N) is 1. The van der Waals surface area contributed by atoms with E-state index >= 15 is 0 Å². The third-order valence-electron chi connectivity index (χ3n) is 3.85. The second kappa shape index (κ2) is 6.48. The molecule has 2 aromatic heterocycles. The molecule has 0 amide bonds. The molecule has 0 saturated carbocycles. The van der Waals surface area contributed by atoms with E-state index in [1.807, 2.05) is 4.90 Å². The van der Waals surface area contributed by atoms with Crippen LogP contribution >= 0.6 is 7.82 Å². The van der Waals surface area contributed by atoms with Gasteiger partial charge in [0.15, 0.2) is 0 Å². The number of phosphoric ester groups is 1. The molecule has 11 heteroatoms. The van der Waals surface area contributed by atoms with Crippen LogP contribution in [-0.4, -0.2) is 51.3 Å². The van der Waals surface area contributed by atoms with E-state index in [-0.39, 0.29) is 11.4 Å². The molecule has 0 atom stereocenters. The van der Waals surface area contributed by atoms with Crippen molar-refractivity contribution in [2.45, 2.75) is 18.9 Å². The van der Waals surface area contributed by atoms with Crippen molar-refractivity contribution in [3.05, 3.63) is 22.6 Å². The van der Waals surface area contributed by atoms with Crippen molar-refractivity contribution in [3.63, 3.8) is 0 Å². The van der Waals surface area contributed by atoms with Gasteiger partial charge in [-0.15, -0.1) is 0 Å². The molecule has 0 radical (unpaired) electrons. The van der Waals surface area contributed by atoms with Crippen LogP contribution in [0.3, 0.4) is 0 Å². The van der Waals surface area contributed by atoms with Gasteiger partial charge in [-0.3, -0.25) is 9.32 Å². The summed E-state index contributed by atoms with van der Waals surface area (Å²) in [6.07, 6.45) is 1.95. The topological polar surface area (TPSA) is 138 Å². The Kier molecular flexibility index (Phi) is 4.55. The first-order chi connectivity index (χ1) is 11.4. The predicted octanol–water partition coefficient (Wildman–Crippen LogP) is 0.405. The Morgan fingerprint density at radius 3 is 2.71 bits per heavy atom. The summed E-state index contributed by atoms with van der Waals surface area (Å²) in [6.45, 7) is 1.03. The zero-order chi connectivity index (χ0) is 17.3. The van der Waals surface area contributed by atoms with Gasteiger partial charge in [0.2, 0.25) is 5.88 Å². The number of pyridine rings is 1. The Hall–Kier alpha value is -2.00. The summed E-state index contributed by atoms with van der Waals surface area (Å²) in [5, 5.41) is 7.06. The summed E-state index contributed by atoms with van der Waals surface area (Å²) in [4.78, 5) is 35.9. The van der Waals surface area contributed by atoms with Gasteiger partial charge in [-0.1, -0.05) is 0 Å². The lowest BCUT2D eigenvalue weighted by atomic mass is 10.1. The molecule has 24 heavy (non-hydrogen) atoms. The zero-order valence-electron chi connectivity index (χ0n) is 12.9. The van der Waals surface area contributed by atoms with Crippen molar-refractivity contribution in [1.82, 2.24) is 15.2 Å². The highest BCUT2D eigenvalue weighted by Crippen LogP contribution is 2.40. The lowest BCUT2D eigenvalue weighted by Crippen LogP contribution is -2.37. The summed E-state index contributed by atoms with van der Waals surface area (Å²) in [5.41, 5.74) is -0.378. The second-order valence-electron chi connectivity index (χ2n) is 5.44. The minimum Gasteiger partial charge on any atom is -0.480 e. The number of fused-ring (bicyclic) bond motifs is 1. The first-order valence-electron chi connectivity index (χ1n) is 7.28. The molecule has 0 bridgehead atoms. The zero-order valence-corrected chi connectivity index (χ0v) is 13.8. The number of hydrogen-bond donors (Lipinski definition) is 3. The van der Waals surface area contributed by atoms with Gasteiger partial charge in [-0.2, -0.15) is 10.1 Å². The van der Waals surface area contributed by atoms with Crippen molar-refractivity contribution < 1.29 is 23.6 Å². The van der Waals surface area contributed by atoms with Crippen molar-refractivity contribution in [2.75, 3.05) is 25.1 Å². The molecule has 0 aromatic carbocycles. The summed E-state index contributed by atoms with van der Waals surface area (Å²) < 4.78 is 20.8. The standard InChI is InChI=1S/C13H17N4O6P/c1-22-13-11-8(7-14-16-12(11)18)6-10(15-13)17-4-2-9(3-5-17)23-24(19,20)21/h6-7,9H,2-5H2,1H3,(H,16,18)(H2,19,20,21). The number of nitrogens with zero attached hydrogens (tertiary/aromatic N) is 3. The SMILES string of the molecule is COc1nc(N2CCC(OP(=O)(O)O)CC2)cc2cn[nH]c(=O)c12. The number of aromatic nitrogens is 3. The number of hydrogen-bond acceptors (Lipinski definition) is 7. The maximum absolute atomic E-state index is 11.9. The van der Waals surface area contributed by atoms with Crippen LogP contribution in [-0.2, 0) is 9.09 Å². The normalized spacial score (nSPS) is 16.5. The van der Waals surface area contributed by atoms with Crippen LogP contribution in [0.25, 0.3) is 10.8 Å². The molecule has 1 aliphatic rings. The lowest BCUT2D eigenvalue weighted by molar-refractivity contribution is 0.114. The van der Waals surface area contributed by atoms with Crippen molar-refractivity contribution in [3.8, 4) is 5.88 Å². The van der Waals surface area contributed by atoms with Crippen LogP contribution in [0.1, 0.15) is 12.8 Å². The first-order valence-corrected chi connectivity index (χ1v) is 8.82. The summed E-state index contributed by atoms with van der Waals surface area (Å²) in [5.74, 6) is 0.820. The van der Waals surface area contributed by atoms with Crippen LogP contribution in [0.4, 0.5) is 5.82 Å². The van der Waals surface area contributed by atoms with Crippen LogP contribution < -0.4 is 15.2 Å². The predicted molar refractivity (Wildman–Crippen MR) is 85.1 cm³/mol. The van der Waals surface area contributed by atoms with Crippen molar-refractivity contribution in [2.24, 2.45) is 0 Å². The van der Waals surface area contributed by atoms with E-state index in [1.165, 1.54) is 13.3 Å². The van der Waals surface area contributed by atoms with Crippen LogP contribution in [0.5, 0.6) is 5.88 Å². The third kappa shape index (κ3) is 3.57. The highest BCUT2D eigenvalue weighted by atomic mass is 31.2. The molecule has 3 heterocycles. The quantitative estimate of drug-likeness (QED) is 0.665. The molecule has 0 unspecified atom stereocenters. The van der Waals surface area contributed by atoms with Gasteiger partial charge < -0.3 is 19.4 Å². The van der Waals surface area contributed by atoms with Gasteiger partial charge in [0.05, 0.1) is 19.4 Å². The van der Waals surface area contributed by atoms with E-state index in [4.69, 9.17) is 19.0 Å². The molecule has 3 rings (SSSR count). The molecule has 2 aromatic rings. The number of piperidine rings is 1. The fourth-order valence-corrected chi connectivity index (χ4v) is 3.37.